The Morgan fingerprint density at radius 3 is 2.54 bits per heavy atom. The fourth-order valence-corrected chi connectivity index (χ4v) is 2.55. The Morgan fingerprint density at radius 2 is 1.88 bits per heavy atom. The molecule has 0 bridgehead atoms. The molecule has 1 saturated heterocycles. The van der Waals surface area contributed by atoms with Crippen molar-refractivity contribution in [2.24, 2.45) is 0 Å². The molecule has 1 aromatic rings. The number of carbonyl (C=O) groups is 3. The van der Waals surface area contributed by atoms with E-state index >= 15 is 0 Å². The summed E-state index contributed by atoms with van der Waals surface area (Å²) in [5.74, 6) is -0.522. The first-order valence-corrected chi connectivity index (χ1v) is 8.34. The third kappa shape index (κ3) is 5.45. The molecule has 1 fully saturated rings. The zero-order valence-electron chi connectivity index (χ0n) is 14.0. The minimum absolute atomic E-state index is 0.0223. The molecule has 1 heterocycles. The molecule has 2 rings (SSSR count). The summed E-state index contributed by atoms with van der Waals surface area (Å²) in [6, 6.07) is 9.96. The van der Waals surface area contributed by atoms with Crippen LogP contribution in [-0.2, 0) is 19.1 Å². The largest absolute Gasteiger partial charge is 0.374 e. The van der Waals surface area contributed by atoms with Crippen LogP contribution in [0.2, 0.25) is 0 Å². The van der Waals surface area contributed by atoms with Crippen molar-refractivity contribution >= 4 is 17.7 Å². The van der Waals surface area contributed by atoms with E-state index in [9.17, 15) is 14.4 Å². The van der Waals surface area contributed by atoms with E-state index in [0.717, 1.165) is 5.56 Å². The van der Waals surface area contributed by atoms with Crippen molar-refractivity contribution in [2.45, 2.75) is 38.7 Å². The first-order valence-electron chi connectivity index (χ1n) is 8.34. The number of ether oxygens (including phenoxy) is 1. The van der Waals surface area contributed by atoms with Gasteiger partial charge in [-0.05, 0) is 18.9 Å². The monoisotopic (exact) mass is 332 g/mol. The van der Waals surface area contributed by atoms with Gasteiger partial charge in [0.1, 0.15) is 0 Å². The van der Waals surface area contributed by atoms with Gasteiger partial charge in [-0.2, -0.15) is 0 Å². The van der Waals surface area contributed by atoms with Gasteiger partial charge in [0.05, 0.1) is 6.10 Å². The Bertz CT molecular complexity index is 558. The molecule has 0 radical (unpaired) electrons. The molecule has 3 amide bonds. The maximum atomic E-state index is 11.7. The topological polar surface area (TPSA) is 75.7 Å². The van der Waals surface area contributed by atoms with E-state index in [1.807, 2.05) is 37.3 Å². The quantitative estimate of drug-likeness (QED) is 0.553. The predicted octanol–water partition coefficient (Wildman–Crippen LogP) is 1.81. The fourth-order valence-electron chi connectivity index (χ4n) is 2.55. The Morgan fingerprint density at radius 1 is 1.21 bits per heavy atom. The number of likely N-dealkylation sites (tertiary alicyclic amines) is 1. The van der Waals surface area contributed by atoms with E-state index in [-0.39, 0.29) is 49.6 Å². The summed E-state index contributed by atoms with van der Waals surface area (Å²) >= 11 is 0. The molecule has 6 nitrogen and oxygen atoms in total. The van der Waals surface area contributed by atoms with Gasteiger partial charge >= 0.3 is 0 Å². The molecule has 6 heteroatoms. The van der Waals surface area contributed by atoms with Gasteiger partial charge in [-0.25, -0.2) is 0 Å². The number of imide groups is 1. The summed E-state index contributed by atoms with van der Waals surface area (Å²) < 4.78 is 5.73. The van der Waals surface area contributed by atoms with Gasteiger partial charge in [-0.1, -0.05) is 30.3 Å². The molecule has 0 aromatic heterocycles. The molecule has 1 N–H and O–H groups in total. The van der Waals surface area contributed by atoms with Crippen LogP contribution in [0, 0.1) is 0 Å². The predicted molar refractivity (Wildman–Crippen MR) is 89.0 cm³/mol. The molecular formula is C18H24N2O4. The Balaban J connectivity index is 1.55. The molecule has 1 atom stereocenters. The van der Waals surface area contributed by atoms with Crippen LogP contribution < -0.4 is 5.32 Å². The number of nitrogens with zero attached hydrogens (tertiary/aromatic N) is 1. The van der Waals surface area contributed by atoms with E-state index in [2.05, 4.69) is 5.32 Å². The highest BCUT2D eigenvalue weighted by Crippen LogP contribution is 2.15. The van der Waals surface area contributed by atoms with Gasteiger partial charge in [0, 0.05) is 39.0 Å². The molecule has 1 unspecified atom stereocenters. The third-order valence-corrected chi connectivity index (χ3v) is 4.00. The zero-order chi connectivity index (χ0) is 17.4. The van der Waals surface area contributed by atoms with E-state index in [1.165, 1.54) is 4.90 Å². The van der Waals surface area contributed by atoms with Gasteiger partial charge in [0.25, 0.3) is 0 Å². The van der Waals surface area contributed by atoms with Crippen LogP contribution in [0.25, 0.3) is 0 Å². The number of rotatable bonds is 9. The second kappa shape index (κ2) is 9.17. The summed E-state index contributed by atoms with van der Waals surface area (Å²) in [6.07, 6.45) is 1.41. The smallest absolute Gasteiger partial charge is 0.229 e. The minimum atomic E-state index is -0.184. The van der Waals surface area contributed by atoms with Crippen molar-refractivity contribution in [1.82, 2.24) is 10.2 Å². The second-order valence-corrected chi connectivity index (χ2v) is 5.82. The molecule has 1 aliphatic rings. The number of benzene rings is 1. The first-order chi connectivity index (χ1) is 11.6. The molecular weight excluding hydrogens is 308 g/mol. The normalized spacial score (nSPS) is 15.6. The highest BCUT2D eigenvalue weighted by Gasteiger charge is 2.28. The second-order valence-electron chi connectivity index (χ2n) is 5.82. The number of carbonyl (C=O) groups excluding carboxylic acids is 3. The van der Waals surface area contributed by atoms with Crippen LogP contribution in [0.15, 0.2) is 30.3 Å². The number of amides is 3. The third-order valence-electron chi connectivity index (χ3n) is 4.00. The molecule has 0 spiro atoms. The van der Waals surface area contributed by atoms with Crippen molar-refractivity contribution in [3.8, 4) is 0 Å². The van der Waals surface area contributed by atoms with Gasteiger partial charge in [-0.3, -0.25) is 19.3 Å². The number of nitrogens with one attached hydrogen (secondary N) is 1. The standard InChI is InChI=1S/C18H24N2O4/c1-14(15-6-3-2-4-7-15)24-13-5-11-19-16(21)10-12-20-17(22)8-9-18(20)23/h2-4,6-7,14H,5,8-13H2,1H3,(H,19,21). The number of hydrogen-bond donors (Lipinski definition) is 1. The molecule has 0 aliphatic carbocycles. The molecule has 24 heavy (non-hydrogen) atoms. The van der Waals surface area contributed by atoms with Crippen LogP contribution in [0.3, 0.4) is 0 Å². The van der Waals surface area contributed by atoms with Gasteiger partial charge < -0.3 is 10.1 Å². The molecule has 1 aromatic carbocycles. The van der Waals surface area contributed by atoms with Crippen LogP contribution >= 0.6 is 0 Å². The summed E-state index contributed by atoms with van der Waals surface area (Å²) in [4.78, 5) is 35.8. The Hall–Kier alpha value is -2.21. The highest BCUT2D eigenvalue weighted by molar-refractivity contribution is 6.02. The molecule has 130 valence electrons. The van der Waals surface area contributed by atoms with Crippen molar-refractivity contribution in [3.63, 3.8) is 0 Å². The van der Waals surface area contributed by atoms with Gasteiger partial charge in [0.15, 0.2) is 0 Å². The van der Waals surface area contributed by atoms with Gasteiger partial charge in [0.2, 0.25) is 17.7 Å². The lowest BCUT2D eigenvalue weighted by atomic mass is 10.1. The van der Waals surface area contributed by atoms with Gasteiger partial charge in [-0.15, -0.1) is 0 Å². The highest BCUT2D eigenvalue weighted by atomic mass is 16.5. The SMILES string of the molecule is CC(OCCCNC(=O)CCN1C(=O)CCC1=O)c1ccccc1. The molecule has 0 saturated carbocycles. The van der Waals surface area contributed by atoms with Crippen molar-refractivity contribution < 1.29 is 19.1 Å². The van der Waals surface area contributed by atoms with E-state index in [0.29, 0.717) is 19.6 Å². The Labute approximate surface area is 142 Å². The van der Waals surface area contributed by atoms with Crippen LogP contribution in [-0.4, -0.2) is 42.3 Å². The summed E-state index contributed by atoms with van der Waals surface area (Å²) in [6.45, 7) is 3.24. The molecule has 1 aliphatic heterocycles. The van der Waals surface area contributed by atoms with Crippen LogP contribution in [0.1, 0.15) is 44.3 Å². The van der Waals surface area contributed by atoms with Crippen LogP contribution in [0.4, 0.5) is 0 Å². The van der Waals surface area contributed by atoms with Crippen molar-refractivity contribution in [2.75, 3.05) is 19.7 Å². The van der Waals surface area contributed by atoms with E-state index < -0.39 is 0 Å². The average molecular weight is 332 g/mol. The lowest BCUT2D eigenvalue weighted by molar-refractivity contribution is -0.138. The summed E-state index contributed by atoms with van der Waals surface area (Å²) in [7, 11) is 0. The first kappa shape index (κ1) is 18.1. The maximum absolute atomic E-state index is 11.7. The van der Waals surface area contributed by atoms with Crippen molar-refractivity contribution in [3.05, 3.63) is 35.9 Å². The summed E-state index contributed by atoms with van der Waals surface area (Å²) in [5, 5.41) is 2.78. The average Bonchev–Trinajstić information content (AvgIpc) is 2.91. The maximum Gasteiger partial charge on any atom is 0.229 e. The van der Waals surface area contributed by atoms with E-state index in [1.54, 1.807) is 0 Å². The number of hydrogen-bond acceptors (Lipinski definition) is 4. The van der Waals surface area contributed by atoms with Crippen LogP contribution in [0.5, 0.6) is 0 Å². The lowest BCUT2D eigenvalue weighted by Gasteiger charge is -2.14. The van der Waals surface area contributed by atoms with E-state index in [4.69, 9.17) is 4.74 Å². The zero-order valence-corrected chi connectivity index (χ0v) is 14.0. The minimum Gasteiger partial charge on any atom is -0.374 e. The Kier molecular flexibility index (Phi) is 6.93. The summed E-state index contributed by atoms with van der Waals surface area (Å²) in [5.41, 5.74) is 1.13. The lowest BCUT2D eigenvalue weighted by Crippen LogP contribution is -2.34. The van der Waals surface area contributed by atoms with Crippen molar-refractivity contribution in [1.29, 1.82) is 0 Å². The fraction of sp³-hybridized carbons (Fsp3) is 0.500.